The summed E-state index contributed by atoms with van der Waals surface area (Å²) in [5.74, 6) is 1.66. The van der Waals surface area contributed by atoms with Gasteiger partial charge in [-0.2, -0.15) is 0 Å². The number of aromatic nitrogens is 4. The fraction of sp³-hybridized carbons (Fsp3) is 0.414. The van der Waals surface area contributed by atoms with Gasteiger partial charge in [-0.3, -0.25) is 4.90 Å². The van der Waals surface area contributed by atoms with Crippen molar-refractivity contribution in [2.45, 2.75) is 52.1 Å². The Morgan fingerprint density at radius 2 is 1.72 bits per heavy atom. The van der Waals surface area contributed by atoms with Gasteiger partial charge in [0.25, 0.3) is 0 Å². The van der Waals surface area contributed by atoms with Gasteiger partial charge in [-0.05, 0) is 35.6 Å². The first-order valence-corrected chi connectivity index (χ1v) is 13.0. The predicted molar refractivity (Wildman–Crippen MR) is 147 cm³/mol. The van der Waals surface area contributed by atoms with E-state index in [0.717, 1.165) is 73.1 Å². The maximum absolute atomic E-state index is 6.13. The van der Waals surface area contributed by atoms with Gasteiger partial charge in [0.05, 0.1) is 28.5 Å². The van der Waals surface area contributed by atoms with Crippen LogP contribution in [-0.2, 0) is 12.0 Å². The third kappa shape index (κ3) is 5.13. The van der Waals surface area contributed by atoms with E-state index in [0.29, 0.717) is 0 Å². The normalized spacial score (nSPS) is 16.0. The van der Waals surface area contributed by atoms with E-state index < -0.39 is 0 Å². The Morgan fingerprint density at radius 3 is 2.42 bits per heavy atom. The minimum absolute atomic E-state index is 0.0991. The summed E-state index contributed by atoms with van der Waals surface area (Å²) in [5.41, 5.74) is 13.1. The number of rotatable bonds is 6. The minimum atomic E-state index is -0.0991. The van der Waals surface area contributed by atoms with Crippen LogP contribution in [-0.4, -0.2) is 51.0 Å². The largest absolute Gasteiger partial charge is 0.367 e. The molecule has 7 nitrogen and oxygen atoms in total. The molecule has 0 radical (unpaired) electrons. The Kier molecular flexibility index (Phi) is 6.77. The molecule has 36 heavy (non-hydrogen) atoms. The van der Waals surface area contributed by atoms with Gasteiger partial charge in [-0.15, -0.1) is 0 Å². The average molecular weight is 484 g/mol. The highest BCUT2D eigenvalue weighted by atomic mass is 15.3. The molecular weight excluding hydrogens is 446 g/mol. The minimum Gasteiger partial charge on any atom is -0.367 e. The fourth-order valence-electron chi connectivity index (χ4n) is 4.78. The van der Waals surface area contributed by atoms with Crippen molar-refractivity contribution in [1.82, 2.24) is 24.8 Å². The molecule has 5 rings (SSSR count). The van der Waals surface area contributed by atoms with E-state index in [-0.39, 0.29) is 11.5 Å². The molecule has 1 saturated heterocycles. The lowest BCUT2D eigenvalue weighted by molar-refractivity contribution is 0.247. The molecule has 0 saturated carbocycles. The van der Waals surface area contributed by atoms with Crippen LogP contribution < -0.4 is 10.6 Å². The summed E-state index contributed by atoms with van der Waals surface area (Å²) in [6, 6.07) is 17.1. The smallest absolute Gasteiger partial charge is 0.145 e. The summed E-state index contributed by atoms with van der Waals surface area (Å²) in [6.45, 7) is 13.5. The number of imidazole rings is 1. The highest BCUT2D eigenvalue weighted by molar-refractivity contribution is 5.91. The number of nitrogens with zero attached hydrogens (tertiary/aromatic N) is 5. The Morgan fingerprint density at radius 1 is 0.972 bits per heavy atom. The van der Waals surface area contributed by atoms with Gasteiger partial charge in [-0.25, -0.2) is 15.0 Å². The summed E-state index contributed by atoms with van der Waals surface area (Å²) in [4.78, 5) is 22.5. The van der Waals surface area contributed by atoms with Gasteiger partial charge < -0.3 is 15.6 Å². The third-order valence-corrected chi connectivity index (χ3v) is 7.12. The van der Waals surface area contributed by atoms with Crippen molar-refractivity contribution in [2.75, 3.05) is 31.1 Å². The predicted octanol–water partition coefficient (Wildman–Crippen LogP) is 5.05. The molecule has 0 aliphatic carbocycles. The average Bonchev–Trinajstić information content (AvgIpc) is 3.33. The fourth-order valence-corrected chi connectivity index (χ4v) is 4.78. The van der Waals surface area contributed by atoms with Crippen molar-refractivity contribution in [3.8, 4) is 11.4 Å². The van der Waals surface area contributed by atoms with E-state index >= 15 is 0 Å². The van der Waals surface area contributed by atoms with Gasteiger partial charge in [-0.1, -0.05) is 58.0 Å². The Balaban J connectivity index is 1.29. The number of hydrogen-bond acceptors (Lipinski definition) is 6. The number of benzene rings is 2. The van der Waals surface area contributed by atoms with E-state index in [1.54, 1.807) is 0 Å². The SMILES string of the molecule is CCC(N)c1nccc(CN2CCN(c3cccc4nc(-c5ccc(C(C)(C)C)cc5)[nH]c34)CC2)n1. The molecule has 0 spiro atoms. The summed E-state index contributed by atoms with van der Waals surface area (Å²) in [5, 5.41) is 0. The molecule has 2 aromatic carbocycles. The van der Waals surface area contributed by atoms with Gasteiger partial charge in [0.1, 0.15) is 11.6 Å². The summed E-state index contributed by atoms with van der Waals surface area (Å²) in [6.07, 6.45) is 2.67. The van der Waals surface area contributed by atoms with Crippen LogP contribution in [0.4, 0.5) is 5.69 Å². The lowest BCUT2D eigenvalue weighted by Gasteiger charge is -2.36. The van der Waals surface area contributed by atoms with E-state index in [1.165, 1.54) is 11.3 Å². The number of nitrogens with two attached hydrogens (primary N) is 1. The zero-order valence-corrected chi connectivity index (χ0v) is 21.8. The molecule has 188 valence electrons. The molecule has 1 aliphatic heterocycles. The number of para-hydroxylation sites is 1. The zero-order valence-electron chi connectivity index (χ0n) is 21.8. The summed E-state index contributed by atoms with van der Waals surface area (Å²) < 4.78 is 0. The molecular formula is C29H37N7. The first kappa shape index (κ1) is 24.4. The number of aromatic amines is 1. The van der Waals surface area contributed by atoms with E-state index in [2.05, 4.69) is 89.9 Å². The monoisotopic (exact) mass is 483 g/mol. The maximum Gasteiger partial charge on any atom is 0.145 e. The van der Waals surface area contributed by atoms with E-state index in [9.17, 15) is 0 Å². The first-order valence-electron chi connectivity index (χ1n) is 13.0. The summed E-state index contributed by atoms with van der Waals surface area (Å²) in [7, 11) is 0. The molecule has 0 amide bonds. The molecule has 0 bridgehead atoms. The van der Waals surface area contributed by atoms with Crippen molar-refractivity contribution in [2.24, 2.45) is 5.73 Å². The van der Waals surface area contributed by atoms with Crippen LogP contribution in [0, 0.1) is 0 Å². The Hall–Kier alpha value is -3.29. The first-order chi connectivity index (χ1) is 17.3. The van der Waals surface area contributed by atoms with Crippen LogP contribution in [0.15, 0.2) is 54.7 Å². The number of nitrogens with one attached hydrogen (secondary N) is 1. The lowest BCUT2D eigenvalue weighted by Crippen LogP contribution is -2.46. The molecule has 7 heteroatoms. The van der Waals surface area contributed by atoms with Crippen molar-refractivity contribution < 1.29 is 0 Å². The third-order valence-electron chi connectivity index (χ3n) is 7.12. The van der Waals surface area contributed by atoms with Gasteiger partial charge in [0, 0.05) is 44.5 Å². The Labute approximate surface area is 213 Å². The standard InChI is InChI=1S/C29H37N7/c1-5-23(30)28-31-14-13-22(32-28)19-35-15-17-36(18-16-35)25-8-6-7-24-26(25)34-27(33-24)20-9-11-21(12-10-20)29(2,3)4/h6-14,23H,5,15-19,30H2,1-4H3,(H,33,34). The van der Waals surface area contributed by atoms with Gasteiger partial charge >= 0.3 is 0 Å². The summed E-state index contributed by atoms with van der Waals surface area (Å²) >= 11 is 0. The molecule has 2 aromatic heterocycles. The number of hydrogen-bond donors (Lipinski definition) is 2. The second kappa shape index (κ2) is 9.99. The Bertz CT molecular complexity index is 1310. The molecule has 4 aromatic rings. The topological polar surface area (TPSA) is 87.0 Å². The van der Waals surface area contributed by atoms with Crippen molar-refractivity contribution >= 4 is 16.7 Å². The molecule has 1 aliphatic rings. The highest BCUT2D eigenvalue weighted by Gasteiger charge is 2.21. The van der Waals surface area contributed by atoms with Crippen molar-refractivity contribution in [3.63, 3.8) is 0 Å². The van der Waals surface area contributed by atoms with Crippen LogP contribution in [0.5, 0.6) is 0 Å². The quantitative estimate of drug-likeness (QED) is 0.399. The lowest BCUT2D eigenvalue weighted by atomic mass is 9.87. The van der Waals surface area contributed by atoms with Crippen LogP contribution in [0.1, 0.15) is 57.2 Å². The van der Waals surface area contributed by atoms with Crippen LogP contribution >= 0.6 is 0 Å². The van der Waals surface area contributed by atoms with E-state index in [4.69, 9.17) is 15.7 Å². The van der Waals surface area contributed by atoms with Gasteiger partial charge in [0.15, 0.2) is 0 Å². The van der Waals surface area contributed by atoms with Crippen LogP contribution in [0.2, 0.25) is 0 Å². The van der Waals surface area contributed by atoms with Crippen molar-refractivity contribution in [1.29, 1.82) is 0 Å². The van der Waals surface area contributed by atoms with Crippen LogP contribution in [0.3, 0.4) is 0 Å². The van der Waals surface area contributed by atoms with E-state index in [1.807, 2.05) is 12.3 Å². The maximum atomic E-state index is 6.13. The number of H-pyrrole nitrogens is 1. The number of piperazine rings is 1. The number of fused-ring (bicyclic) bond motifs is 1. The van der Waals surface area contributed by atoms with Crippen molar-refractivity contribution in [3.05, 3.63) is 71.8 Å². The van der Waals surface area contributed by atoms with Gasteiger partial charge in [0.2, 0.25) is 0 Å². The number of anilines is 1. The molecule has 1 atom stereocenters. The molecule has 1 fully saturated rings. The second-order valence-corrected chi connectivity index (χ2v) is 10.8. The highest BCUT2D eigenvalue weighted by Crippen LogP contribution is 2.30. The molecule has 3 heterocycles. The zero-order chi connectivity index (χ0) is 25.3. The van der Waals surface area contributed by atoms with Crippen LogP contribution in [0.25, 0.3) is 22.4 Å². The molecule has 3 N–H and O–H groups in total. The second-order valence-electron chi connectivity index (χ2n) is 10.8. The molecule has 1 unspecified atom stereocenters.